The van der Waals surface area contributed by atoms with Gasteiger partial charge in [0.05, 0.1) is 6.61 Å². The molecular weight excluding hydrogens is 359 g/mol. The Morgan fingerprint density at radius 3 is 2.75 bits per heavy atom. The van der Waals surface area contributed by atoms with Gasteiger partial charge in [0.2, 0.25) is 0 Å². The van der Waals surface area contributed by atoms with Crippen LogP contribution in [-0.2, 0) is 13.0 Å². The number of aryl methyl sites for hydroxylation is 1. The summed E-state index contributed by atoms with van der Waals surface area (Å²) in [6.45, 7) is 2.71. The zero-order chi connectivity index (χ0) is 19.7. The fourth-order valence-electron chi connectivity index (χ4n) is 3.33. The largest absolute Gasteiger partial charge is 0.493 e. The molecule has 0 aliphatic carbocycles. The molecule has 0 fully saturated rings. The Hall–Kier alpha value is -3.41. The lowest BCUT2D eigenvalue weighted by Crippen LogP contribution is -2.33. The number of nitrogens with one attached hydrogen (secondary N) is 1. The molecule has 4 rings (SSSR count). The molecule has 0 spiro atoms. The number of amides is 1. The van der Waals surface area contributed by atoms with Crippen molar-refractivity contribution in [2.45, 2.75) is 19.9 Å². The predicted molar refractivity (Wildman–Crippen MR) is 104 cm³/mol. The molecule has 0 saturated heterocycles. The van der Waals surface area contributed by atoms with E-state index < -0.39 is 11.5 Å². The van der Waals surface area contributed by atoms with E-state index in [-0.39, 0.29) is 11.4 Å². The summed E-state index contributed by atoms with van der Waals surface area (Å²) in [5.74, 6) is 0.0634. The molecule has 0 bridgehead atoms. The van der Waals surface area contributed by atoms with Crippen LogP contribution < -0.4 is 15.6 Å². The summed E-state index contributed by atoms with van der Waals surface area (Å²) in [4.78, 5) is 25.6. The van der Waals surface area contributed by atoms with Gasteiger partial charge in [-0.2, -0.15) is 0 Å². The van der Waals surface area contributed by atoms with Gasteiger partial charge in [-0.15, -0.1) is 0 Å². The van der Waals surface area contributed by atoms with Crippen LogP contribution in [0.25, 0.3) is 5.69 Å². The second-order valence-corrected chi connectivity index (χ2v) is 6.75. The maximum atomic E-state index is 13.2. The van der Waals surface area contributed by atoms with Crippen molar-refractivity contribution >= 4 is 5.91 Å². The molecule has 0 radical (unpaired) electrons. The fourth-order valence-corrected chi connectivity index (χ4v) is 3.33. The third-order valence-electron chi connectivity index (χ3n) is 4.84. The van der Waals surface area contributed by atoms with Gasteiger partial charge >= 0.3 is 0 Å². The van der Waals surface area contributed by atoms with E-state index in [2.05, 4.69) is 5.32 Å². The Balaban J connectivity index is 1.58. The molecule has 0 saturated carbocycles. The second kappa shape index (κ2) is 7.31. The molecule has 2 heterocycles. The number of ether oxygens (including phenoxy) is 1. The van der Waals surface area contributed by atoms with Gasteiger partial charge in [-0.25, -0.2) is 4.39 Å². The average Bonchev–Trinajstić information content (AvgIpc) is 3.15. The molecule has 1 amide bonds. The highest BCUT2D eigenvalue weighted by molar-refractivity contribution is 5.95. The van der Waals surface area contributed by atoms with E-state index in [1.807, 2.05) is 18.2 Å². The first-order valence-corrected chi connectivity index (χ1v) is 9.04. The van der Waals surface area contributed by atoms with Crippen LogP contribution >= 0.6 is 0 Å². The van der Waals surface area contributed by atoms with Crippen molar-refractivity contribution in [1.82, 2.24) is 9.88 Å². The lowest BCUT2D eigenvalue weighted by atomic mass is 10.1. The van der Waals surface area contributed by atoms with Crippen LogP contribution in [0.4, 0.5) is 4.39 Å². The number of nitrogens with zero attached hydrogens (tertiary/aromatic N) is 1. The minimum Gasteiger partial charge on any atom is -0.493 e. The summed E-state index contributed by atoms with van der Waals surface area (Å²) in [5, 5.41) is 2.82. The number of halogens is 1. The van der Waals surface area contributed by atoms with Crippen molar-refractivity contribution in [2.24, 2.45) is 0 Å². The standard InChI is InChI=1S/C22H19FN2O3/c1-14-8-10-25(18-5-3-17(23)4-6-18)22(27)20(14)21(26)24-13-15-2-7-19-16(12-15)9-11-28-19/h2-8,10,12H,9,11,13H2,1H3,(H,24,26). The van der Waals surface area contributed by atoms with E-state index in [0.29, 0.717) is 24.4 Å². The smallest absolute Gasteiger partial charge is 0.268 e. The molecule has 0 atom stereocenters. The number of carbonyl (C=O) groups excluding carboxylic acids is 1. The van der Waals surface area contributed by atoms with Crippen molar-refractivity contribution in [2.75, 3.05) is 6.61 Å². The first-order chi connectivity index (χ1) is 13.5. The molecule has 0 unspecified atom stereocenters. The van der Waals surface area contributed by atoms with E-state index in [1.54, 1.807) is 19.2 Å². The SMILES string of the molecule is Cc1ccn(-c2ccc(F)cc2)c(=O)c1C(=O)NCc1ccc2c(c1)CCO2. The van der Waals surface area contributed by atoms with E-state index >= 15 is 0 Å². The van der Waals surface area contributed by atoms with E-state index in [1.165, 1.54) is 28.8 Å². The maximum Gasteiger partial charge on any atom is 0.268 e. The maximum absolute atomic E-state index is 13.2. The number of hydrogen-bond donors (Lipinski definition) is 1. The summed E-state index contributed by atoms with van der Waals surface area (Å²) in [7, 11) is 0. The third-order valence-corrected chi connectivity index (χ3v) is 4.84. The molecule has 2 aromatic carbocycles. The molecule has 28 heavy (non-hydrogen) atoms. The van der Waals surface area contributed by atoms with Gasteiger partial charge in [0.1, 0.15) is 17.1 Å². The summed E-state index contributed by atoms with van der Waals surface area (Å²) in [5.41, 5.74) is 2.80. The van der Waals surface area contributed by atoms with Crippen molar-refractivity contribution in [1.29, 1.82) is 0 Å². The molecule has 1 aromatic heterocycles. The molecule has 1 aliphatic heterocycles. The highest BCUT2D eigenvalue weighted by Crippen LogP contribution is 2.25. The predicted octanol–water partition coefficient (Wildman–Crippen LogP) is 3.15. The topological polar surface area (TPSA) is 60.3 Å². The van der Waals surface area contributed by atoms with Gasteiger partial charge in [-0.3, -0.25) is 14.2 Å². The number of benzene rings is 2. The second-order valence-electron chi connectivity index (χ2n) is 6.75. The molecular formula is C22H19FN2O3. The number of pyridine rings is 1. The molecule has 1 N–H and O–H groups in total. The number of fused-ring (bicyclic) bond motifs is 1. The molecule has 6 heteroatoms. The summed E-state index contributed by atoms with van der Waals surface area (Å²) < 4.78 is 20.0. The van der Waals surface area contributed by atoms with E-state index in [9.17, 15) is 14.0 Å². The Morgan fingerprint density at radius 2 is 1.96 bits per heavy atom. The van der Waals surface area contributed by atoms with Crippen LogP contribution in [0, 0.1) is 12.7 Å². The third kappa shape index (κ3) is 3.41. The number of rotatable bonds is 4. The number of aromatic nitrogens is 1. The summed E-state index contributed by atoms with van der Waals surface area (Å²) in [6.07, 6.45) is 2.44. The fraction of sp³-hybridized carbons (Fsp3) is 0.182. The molecule has 5 nitrogen and oxygen atoms in total. The highest BCUT2D eigenvalue weighted by Gasteiger charge is 2.17. The average molecular weight is 378 g/mol. The van der Waals surface area contributed by atoms with Gasteiger partial charge in [-0.1, -0.05) is 12.1 Å². The lowest BCUT2D eigenvalue weighted by molar-refractivity contribution is 0.0948. The lowest BCUT2D eigenvalue weighted by Gasteiger charge is -2.12. The Labute approximate surface area is 161 Å². The zero-order valence-electron chi connectivity index (χ0n) is 15.4. The minimum atomic E-state index is -0.438. The zero-order valence-corrected chi connectivity index (χ0v) is 15.4. The summed E-state index contributed by atoms with van der Waals surface area (Å²) in [6, 6.07) is 13.1. The Morgan fingerprint density at radius 1 is 1.18 bits per heavy atom. The van der Waals surface area contributed by atoms with Gasteiger partial charge in [0, 0.05) is 24.8 Å². The number of hydrogen-bond acceptors (Lipinski definition) is 3. The van der Waals surface area contributed by atoms with Crippen LogP contribution in [0.5, 0.6) is 5.75 Å². The highest BCUT2D eigenvalue weighted by atomic mass is 19.1. The normalized spacial score (nSPS) is 12.4. The van der Waals surface area contributed by atoms with Gasteiger partial charge in [0.15, 0.2) is 0 Å². The first-order valence-electron chi connectivity index (χ1n) is 9.04. The van der Waals surface area contributed by atoms with Crippen LogP contribution in [0.15, 0.2) is 59.5 Å². The van der Waals surface area contributed by atoms with E-state index in [0.717, 1.165) is 23.3 Å². The Bertz CT molecular complexity index is 1100. The van der Waals surface area contributed by atoms with Crippen molar-refractivity contribution in [3.05, 3.63) is 93.2 Å². The molecule has 3 aromatic rings. The summed E-state index contributed by atoms with van der Waals surface area (Å²) >= 11 is 0. The van der Waals surface area contributed by atoms with E-state index in [4.69, 9.17) is 4.74 Å². The van der Waals surface area contributed by atoms with Crippen molar-refractivity contribution < 1.29 is 13.9 Å². The van der Waals surface area contributed by atoms with Crippen LogP contribution in [0.1, 0.15) is 27.0 Å². The molecule has 1 aliphatic rings. The quantitative estimate of drug-likeness (QED) is 0.759. The first kappa shape index (κ1) is 18.0. The number of carbonyl (C=O) groups is 1. The van der Waals surface area contributed by atoms with Gasteiger partial charge in [-0.05, 0) is 60.0 Å². The van der Waals surface area contributed by atoms with Crippen LogP contribution in [0.3, 0.4) is 0 Å². The molecule has 142 valence electrons. The van der Waals surface area contributed by atoms with Crippen LogP contribution in [0.2, 0.25) is 0 Å². The van der Waals surface area contributed by atoms with Crippen molar-refractivity contribution in [3.8, 4) is 11.4 Å². The van der Waals surface area contributed by atoms with Gasteiger partial charge in [0.25, 0.3) is 11.5 Å². The van der Waals surface area contributed by atoms with Crippen LogP contribution in [-0.4, -0.2) is 17.1 Å². The Kier molecular flexibility index (Phi) is 4.69. The van der Waals surface area contributed by atoms with Gasteiger partial charge < -0.3 is 10.1 Å². The minimum absolute atomic E-state index is 0.0799. The monoisotopic (exact) mass is 378 g/mol. The van der Waals surface area contributed by atoms with Crippen molar-refractivity contribution in [3.63, 3.8) is 0 Å².